The summed E-state index contributed by atoms with van der Waals surface area (Å²) in [7, 11) is 1.53. The van der Waals surface area contributed by atoms with E-state index in [-0.39, 0.29) is 41.7 Å². The molecule has 0 saturated heterocycles. The highest BCUT2D eigenvalue weighted by atomic mass is 35.5. The van der Waals surface area contributed by atoms with E-state index in [2.05, 4.69) is 15.3 Å². The minimum Gasteiger partial charge on any atom is -0.497 e. The van der Waals surface area contributed by atoms with Gasteiger partial charge in [-0.05, 0) is 48.7 Å². The first-order chi connectivity index (χ1) is 19.9. The van der Waals surface area contributed by atoms with Crippen LogP contribution in [0.4, 0.5) is 5.82 Å². The quantitative estimate of drug-likeness (QED) is 0.305. The third kappa shape index (κ3) is 5.84. The number of halogens is 1. The number of hydrogen-bond donors (Lipinski definition) is 1. The number of anilines is 1. The van der Waals surface area contributed by atoms with Crippen LogP contribution in [0.15, 0.2) is 60.9 Å². The van der Waals surface area contributed by atoms with Gasteiger partial charge in [-0.25, -0.2) is 9.97 Å². The van der Waals surface area contributed by atoms with E-state index in [4.69, 9.17) is 21.3 Å². The number of benzene rings is 1. The zero-order valence-electron chi connectivity index (χ0n) is 22.2. The Morgan fingerprint density at radius 3 is 2.71 bits per heavy atom. The number of thiazole rings is 1. The second-order valence-corrected chi connectivity index (χ2v) is 11.5. The van der Waals surface area contributed by atoms with Crippen molar-refractivity contribution in [2.75, 3.05) is 12.4 Å². The summed E-state index contributed by atoms with van der Waals surface area (Å²) in [6, 6.07) is 13.1. The Balaban J connectivity index is 1.28. The predicted octanol–water partition coefficient (Wildman–Crippen LogP) is 5.10. The van der Waals surface area contributed by atoms with Gasteiger partial charge in [0.1, 0.15) is 16.4 Å². The summed E-state index contributed by atoms with van der Waals surface area (Å²) in [6.45, 7) is 0.136. The fraction of sp³-hybridized carbons (Fsp3) is 0.267. The molecule has 41 heavy (non-hydrogen) atoms. The van der Waals surface area contributed by atoms with Crippen LogP contribution in [-0.4, -0.2) is 50.6 Å². The predicted molar refractivity (Wildman–Crippen MR) is 155 cm³/mol. The van der Waals surface area contributed by atoms with Gasteiger partial charge >= 0.3 is 0 Å². The molecule has 0 radical (unpaired) electrons. The molecular formula is C30H26ClN5O4S. The zero-order valence-corrected chi connectivity index (χ0v) is 23.7. The van der Waals surface area contributed by atoms with Gasteiger partial charge in [-0.2, -0.15) is 0 Å². The van der Waals surface area contributed by atoms with E-state index in [0.717, 1.165) is 23.5 Å². The van der Waals surface area contributed by atoms with Crippen LogP contribution in [0, 0.1) is 0 Å². The Morgan fingerprint density at radius 1 is 1.12 bits per heavy atom. The zero-order chi connectivity index (χ0) is 28.5. The van der Waals surface area contributed by atoms with Crippen LogP contribution in [0.3, 0.4) is 0 Å². The number of hydrogen-bond acceptors (Lipinski definition) is 8. The Kier molecular flexibility index (Phi) is 7.51. The third-order valence-electron chi connectivity index (χ3n) is 7.15. The van der Waals surface area contributed by atoms with E-state index in [0.29, 0.717) is 33.6 Å². The first kappa shape index (κ1) is 27.0. The molecule has 9 nitrogen and oxygen atoms in total. The van der Waals surface area contributed by atoms with Crippen LogP contribution >= 0.6 is 22.9 Å². The molecule has 1 aliphatic heterocycles. The van der Waals surface area contributed by atoms with Crippen LogP contribution in [0.1, 0.15) is 60.7 Å². The molecule has 208 valence electrons. The van der Waals surface area contributed by atoms with Gasteiger partial charge < -0.3 is 15.0 Å². The molecule has 1 aromatic carbocycles. The number of Topliss-reactive ketones (excluding diaryl/α,β-unsaturated/α-hetero) is 1. The summed E-state index contributed by atoms with van der Waals surface area (Å²) in [5.41, 5.74) is 2.23. The van der Waals surface area contributed by atoms with Gasteiger partial charge in [0.2, 0.25) is 0 Å². The number of fused-ring (bicyclic) bond motifs is 1. The van der Waals surface area contributed by atoms with Gasteiger partial charge in [-0.3, -0.25) is 19.4 Å². The molecule has 3 aromatic heterocycles. The van der Waals surface area contributed by atoms with Crippen molar-refractivity contribution in [3.8, 4) is 5.75 Å². The molecule has 11 heteroatoms. The summed E-state index contributed by atoms with van der Waals surface area (Å²) in [6.07, 6.45) is 5.73. The minimum absolute atomic E-state index is 0.0803. The lowest BCUT2D eigenvalue weighted by atomic mass is 10.0. The standard InChI is InChI=1S/C30H26ClN5O4S/c1-40-20-9-11-33-26(14-20)35-28(38)21-8-5-17(12-22(21)31)16-36-24(13-19-4-2-3-10-32-19)25(37)15-23-27(30(36)39)41-29(34-23)18-6-7-18/h2-5,8-12,14,18,24H,6-7,13,15-16H2,1H3,(H,33,35,38). The highest BCUT2D eigenvalue weighted by molar-refractivity contribution is 7.14. The van der Waals surface area contributed by atoms with Gasteiger partial charge in [0.25, 0.3) is 11.8 Å². The number of amides is 2. The van der Waals surface area contributed by atoms with Crippen LogP contribution in [0.25, 0.3) is 0 Å². The molecule has 2 aliphatic rings. The molecule has 2 amide bonds. The molecule has 6 rings (SSSR count). The average Bonchev–Trinajstić information content (AvgIpc) is 3.75. The number of carbonyl (C=O) groups excluding carboxylic acids is 3. The van der Waals surface area contributed by atoms with Gasteiger partial charge in [-0.1, -0.05) is 23.7 Å². The third-order valence-corrected chi connectivity index (χ3v) is 8.71. The monoisotopic (exact) mass is 587 g/mol. The lowest BCUT2D eigenvalue weighted by Crippen LogP contribution is -2.44. The highest BCUT2D eigenvalue weighted by Crippen LogP contribution is 2.43. The molecule has 1 unspecified atom stereocenters. The topological polar surface area (TPSA) is 114 Å². The number of nitrogens with one attached hydrogen (secondary N) is 1. The largest absolute Gasteiger partial charge is 0.497 e. The Labute approximate surface area is 245 Å². The van der Waals surface area contributed by atoms with E-state index >= 15 is 0 Å². The summed E-state index contributed by atoms with van der Waals surface area (Å²) >= 11 is 7.96. The van der Waals surface area contributed by atoms with Crippen LogP contribution < -0.4 is 10.1 Å². The molecule has 4 heterocycles. The van der Waals surface area contributed by atoms with Crippen molar-refractivity contribution in [2.45, 2.75) is 44.2 Å². The molecule has 0 bridgehead atoms. The molecule has 1 atom stereocenters. The maximum Gasteiger partial charge on any atom is 0.266 e. The highest BCUT2D eigenvalue weighted by Gasteiger charge is 2.39. The average molecular weight is 588 g/mol. The van der Waals surface area contributed by atoms with Gasteiger partial charge in [-0.15, -0.1) is 11.3 Å². The Morgan fingerprint density at radius 2 is 1.98 bits per heavy atom. The number of ether oxygens (including phenoxy) is 1. The fourth-order valence-corrected chi connectivity index (χ4v) is 6.34. The fourth-order valence-electron chi connectivity index (χ4n) is 4.84. The van der Waals surface area contributed by atoms with Crippen molar-refractivity contribution in [2.24, 2.45) is 0 Å². The van der Waals surface area contributed by atoms with Crippen molar-refractivity contribution < 1.29 is 19.1 Å². The normalized spacial score (nSPS) is 16.7. The van der Waals surface area contributed by atoms with Crippen LogP contribution in [0.5, 0.6) is 5.75 Å². The van der Waals surface area contributed by atoms with Crippen molar-refractivity contribution >= 4 is 46.4 Å². The summed E-state index contributed by atoms with van der Waals surface area (Å²) in [5, 5.41) is 3.87. The lowest BCUT2D eigenvalue weighted by molar-refractivity contribution is -0.122. The number of ketones is 1. The second-order valence-electron chi connectivity index (χ2n) is 10.1. The lowest BCUT2D eigenvalue weighted by Gasteiger charge is -2.29. The first-order valence-electron chi connectivity index (χ1n) is 13.2. The number of methoxy groups -OCH3 is 1. The van der Waals surface area contributed by atoms with E-state index < -0.39 is 11.9 Å². The SMILES string of the molecule is COc1ccnc(NC(=O)c2ccc(CN3C(=O)c4sc(C5CC5)nc4CC(=O)C3Cc3ccccn3)cc2Cl)c1. The van der Waals surface area contributed by atoms with Crippen LogP contribution in [0.2, 0.25) is 5.02 Å². The van der Waals surface area contributed by atoms with E-state index in [1.54, 1.807) is 41.4 Å². The first-order valence-corrected chi connectivity index (χ1v) is 14.4. The van der Waals surface area contributed by atoms with E-state index in [1.165, 1.54) is 24.6 Å². The van der Waals surface area contributed by atoms with Gasteiger partial charge in [0, 0.05) is 43.0 Å². The minimum atomic E-state index is -0.718. The van der Waals surface area contributed by atoms with Crippen LogP contribution in [-0.2, 0) is 24.2 Å². The van der Waals surface area contributed by atoms with E-state index in [1.807, 2.05) is 18.2 Å². The smallest absolute Gasteiger partial charge is 0.266 e. The number of carbonyl (C=O) groups is 3. The van der Waals surface area contributed by atoms with Gasteiger partial charge in [0.15, 0.2) is 5.78 Å². The van der Waals surface area contributed by atoms with Crippen molar-refractivity contribution in [3.63, 3.8) is 0 Å². The summed E-state index contributed by atoms with van der Waals surface area (Å²) in [4.78, 5) is 55.9. The number of pyridine rings is 2. The number of nitrogens with zero attached hydrogens (tertiary/aromatic N) is 4. The molecule has 1 aliphatic carbocycles. The van der Waals surface area contributed by atoms with Gasteiger partial charge in [0.05, 0.1) is 40.9 Å². The summed E-state index contributed by atoms with van der Waals surface area (Å²) < 4.78 is 5.18. The molecule has 1 saturated carbocycles. The summed E-state index contributed by atoms with van der Waals surface area (Å²) in [5.74, 6) is 0.533. The van der Waals surface area contributed by atoms with E-state index in [9.17, 15) is 14.4 Å². The van der Waals surface area contributed by atoms with Crippen molar-refractivity contribution in [1.29, 1.82) is 0 Å². The maximum atomic E-state index is 14.0. The molecule has 0 spiro atoms. The second kappa shape index (κ2) is 11.4. The number of aromatic nitrogens is 3. The maximum absolute atomic E-state index is 14.0. The molecular weight excluding hydrogens is 562 g/mol. The number of rotatable bonds is 8. The molecule has 4 aromatic rings. The van der Waals surface area contributed by atoms with Crippen molar-refractivity contribution in [3.05, 3.63) is 98.3 Å². The van der Waals surface area contributed by atoms with Crippen molar-refractivity contribution in [1.82, 2.24) is 19.9 Å². The molecule has 1 N–H and O–H groups in total. The Bertz CT molecular complexity index is 1640. The Hall–Kier alpha value is -4.15. The molecule has 1 fully saturated rings.